The van der Waals surface area contributed by atoms with Crippen molar-refractivity contribution < 1.29 is 14.0 Å². The molecule has 3 aromatic heterocycles. The molecule has 0 radical (unpaired) electrons. The van der Waals surface area contributed by atoms with E-state index in [0.29, 0.717) is 50.8 Å². The lowest BCUT2D eigenvalue weighted by Crippen LogP contribution is -2.00. The predicted molar refractivity (Wildman–Crippen MR) is 229 cm³/mol. The zero-order chi connectivity index (χ0) is 43.1. The van der Waals surface area contributed by atoms with E-state index < -0.39 is 12.1 Å². The number of nitrogens with zero attached hydrogens (tertiary/aromatic N) is 4. The molecule has 5 heteroatoms. The number of furan rings is 1. The number of fused-ring (bicyclic) bond motifs is 6. The van der Waals surface area contributed by atoms with Gasteiger partial charge < -0.3 is 8.98 Å². The summed E-state index contributed by atoms with van der Waals surface area (Å²) in [5.74, 6) is 1.31. The van der Waals surface area contributed by atoms with Gasteiger partial charge in [0.15, 0.2) is 17.5 Å². The molecule has 0 spiro atoms. The van der Waals surface area contributed by atoms with Crippen molar-refractivity contribution in [3.8, 4) is 62.1 Å². The van der Waals surface area contributed by atoms with Crippen molar-refractivity contribution in [1.29, 1.82) is 0 Å². The van der Waals surface area contributed by atoms with Crippen LogP contribution in [0.25, 0.3) is 106 Å². The molecule has 0 atom stereocenters. The molecule has 0 N–H and O–H groups in total. The molecule has 5 nitrogen and oxygen atoms in total. The molecule has 0 amide bonds. The second kappa shape index (κ2) is 13.0. The summed E-state index contributed by atoms with van der Waals surface area (Å²) in [4.78, 5) is 14.8. The molecule has 0 saturated heterocycles. The molecule has 56 heavy (non-hydrogen) atoms. The number of hydrogen-bond acceptors (Lipinski definition) is 4. The minimum atomic E-state index is -0.433. The summed E-state index contributed by atoms with van der Waals surface area (Å²) in [7, 11) is 0. The molecular weight excluding hydrogens is 685 g/mol. The third-order valence-electron chi connectivity index (χ3n) is 10.2. The summed E-state index contributed by atoms with van der Waals surface area (Å²) in [5.41, 5.74) is 7.34. The lowest BCUT2D eigenvalue weighted by atomic mass is 9.97. The third kappa shape index (κ3) is 5.37. The molecule has 3 heterocycles. The standard InChI is InChI=1S/C51H32N4O/c1-3-12-33(13-4-1)34-22-24-35(25-23-34)40-18-11-20-45-48(40)43-17-7-9-19-44(43)55(45)39-29-26-37(27-30-39)50-52-49(36-14-5-2-6-15-36)53-51(54-50)38-28-31-42-41-16-8-10-21-46(41)56-47(42)32-38/h1-32H/i7D,9D,11D,17D,18D,19D,20D. The fourth-order valence-electron chi connectivity index (χ4n) is 7.48. The van der Waals surface area contributed by atoms with E-state index in [9.17, 15) is 5.48 Å². The van der Waals surface area contributed by atoms with Crippen molar-refractivity contribution in [2.45, 2.75) is 0 Å². The highest BCUT2D eigenvalue weighted by molar-refractivity contribution is 6.15. The minimum absolute atomic E-state index is 0.138. The van der Waals surface area contributed by atoms with Crippen LogP contribution in [0.1, 0.15) is 9.60 Å². The van der Waals surface area contributed by atoms with Gasteiger partial charge >= 0.3 is 0 Å². The van der Waals surface area contributed by atoms with E-state index in [-0.39, 0.29) is 46.6 Å². The minimum Gasteiger partial charge on any atom is -0.456 e. The Morgan fingerprint density at radius 1 is 0.411 bits per heavy atom. The quantitative estimate of drug-likeness (QED) is 0.171. The number of rotatable bonds is 6. The van der Waals surface area contributed by atoms with Crippen LogP contribution in [0, 0.1) is 0 Å². The molecule has 0 aliphatic rings. The van der Waals surface area contributed by atoms with Gasteiger partial charge in [0.1, 0.15) is 11.2 Å². The van der Waals surface area contributed by atoms with Crippen LogP contribution < -0.4 is 0 Å². The maximum atomic E-state index is 9.30. The first-order valence-electron chi connectivity index (χ1n) is 21.7. The van der Waals surface area contributed by atoms with Gasteiger partial charge in [-0.2, -0.15) is 0 Å². The van der Waals surface area contributed by atoms with Gasteiger partial charge in [0, 0.05) is 43.9 Å². The lowest BCUT2D eigenvalue weighted by Gasteiger charge is -2.11. The highest BCUT2D eigenvalue weighted by Gasteiger charge is 2.18. The fourth-order valence-corrected chi connectivity index (χ4v) is 7.48. The molecule has 11 aromatic rings. The van der Waals surface area contributed by atoms with Gasteiger partial charge in [-0.1, -0.05) is 139 Å². The Kier molecular flexibility index (Phi) is 5.92. The van der Waals surface area contributed by atoms with Crippen LogP contribution in [-0.4, -0.2) is 19.5 Å². The summed E-state index contributed by atoms with van der Waals surface area (Å²) >= 11 is 0. The van der Waals surface area contributed by atoms with Crippen LogP contribution in [0.3, 0.4) is 0 Å². The summed E-state index contributed by atoms with van der Waals surface area (Å²) < 4.78 is 71.1. The van der Waals surface area contributed by atoms with Gasteiger partial charge in [0.2, 0.25) is 0 Å². The molecule has 0 aliphatic heterocycles. The maximum absolute atomic E-state index is 9.30. The van der Waals surface area contributed by atoms with Gasteiger partial charge in [-0.15, -0.1) is 0 Å². The van der Waals surface area contributed by atoms with Gasteiger partial charge in [-0.3, -0.25) is 0 Å². The SMILES string of the molecule is [2H]c1c([2H])c([2H])c2c(c1[2H])c1c(-c3ccc(-c4ccccc4)cc3)c([2H])c([2H])c([2H])c1n2-c1ccc(-c2nc(-c3ccccc3)nc(-c3ccc4c(c3)oc3ccccc34)n2)cc1. The van der Waals surface area contributed by atoms with Gasteiger partial charge in [-0.05, 0) is 76.8 Å². The van der Waals surface area contributed by atoms with Crippen molar-refractivity contribution in [3.05, 3.63) is 194 Å². The Labute approximate surface area is 332 Å². The largest absolute Gasteiger partial charge is 0.456 e. The zero-order valence-corrected chi connectivity index (χ0v) is 29.6. The van der Waals surface area contributed by atoms with Gasteiger partial charge in [0.05, 0.1) is 20.6 Å². The molecule has 11 rings (SSSR count). The van der Waals surface area contributed by atoms with Crippen molar-refractivity contribution in [2.75, 3.05) is 0 Å². The highest BCUT2D eigenvalue weighted by Crippen LogP contribution is 2.39. The van der Waals surface area contributed by atoms with Crippen LogP contribution >= 0.6 is 0 Å². The van der Waals surface area contributed by atoms with Crippen LogP contribution in [0.5, 0.6) is 0 Å². The van der Waals surface area contributed by atoms with Crippen LogP contribution in [0.15, 0.2) is 198 Å². The first-order chi connectivity index (χ1) is 30.7. The van der Waals surface area contributed by atoms with E-state index in [1.165, 1.54) is 0 Å². The van der Waals surface area contributed by atoms with Gasteiger partial charge in [0.25, 0.3) is 0 Å². The van der Waals surface area contributed by atoms with Gasteiger partial charge in [-0.25, -0.2) is 15.0 Å². The second-order valence-electron chi connectivity index (χ2n) is 13.5. The van der Waals surface area contributed by atoms with Crippen LogP contribution in [-0.2, 0) is 0 Å². The normalized spacial score (nSPS) is 13.3. The monoisotopic (exact) mass is 723 g/mol. The molecule has 0 bridgehead atoms. The Balaban J connectivity index is 1.10. The lowest BCUT2D eigenvalue weighted by molar-refractivity contribution is 0.669. The number of hydrogen-bond donors (Lipinski definition) is 0. The zero-order valence-electron chi connectivity index (χ0n) is 36.6. The Morgan fingerprint density at radius 3 is 1.73 bits per heavy atom. The maximum Gasteiger partial charge on any atom is 0.164 e. The summed E-state index contributed by atoms with van der Waals surface area (Å²) in [6.07, 6.45) is 0. The molecule has 0 aliphatic carbocycles. The average Bonchev–Trinajstić information content (AvgIpc) is 3.89. The van der Waals surface area contributed by atoms with Crippen molar-refractivity contribution in [1.82, 2.24) is 19.5 Å². The van der Waals surface area contributed by atoms with Crippen molar-refractivity contribution in [2.24, 2.45) is 0 Å². The van der Waals surface area contributed by atoms with E-state index in [2.05, 4.69) is 0 Å². The smallest absolute Gasteiger partial charge is 0.164 e. The van der Waals surface area contributed by atoms with E-state index >= 15 is 0 Å². The van der Waals surface area contributed by atoms with Crippen LogP contribution in [0.2, 0.25) is 0 Å². The topological polar surface area (TPSA) is 56.7 Å². The number of aromatic nitrogens is 4. The Hall–Kier alpha value is -7.63. The first-order valence-corrected chi connectivity index (χ1v) is 18.2. The molecule has 0 saturated carbocycles. The third-order valence-corrected chi connectivity index (χ3v) is 10.2. The fraction of sp³-hybridized carbons (Fsp3) is 0. The second-order valence-corrected chi connectivity index (χ2v) is 13.5. The summed E-state index contributed by atoms with van der Waals surface area (Å²) in [6.45, 7) is 0. The molecule has 0 fully saturated rings. The predicted octanol–water partition coefficient (Wildman–Crippen LogP) is 13.2. The van der Waals surface area contributed by atoms with E-state index in [0.717, 1.165) is 38.6 Å². The van der Waals surface area contributed by atoms with E-state index in [1.807, 2.05) is 140 Å². The molecular formula is C51H32N4O. The molecule has 0 unspecified atom stereocenters. The van der Waals surface area contributed by atoms with E-state index in [4.69, 9.17) is 23.5 Å². The summed E-state index contributed by atoms with van der Waals surface area (Å²) in [6, 6.07) is 45.8. The van der Waals surface area contributed by atoms with E-state index in [1.54, 1.807) is 16.7 Å². The average molecular weight is 724 g/mol. The first kappa shape index (κ1) is 25.4. The van der Waals surface area contributed by atoms with Crippen molar-refractivity contribution >= 4 is 43.7 Å². The summed E-state index contributed by atoms with van der Waals surface area (Å²) in [5, 5.41) is 2.47. The van der Waals surface area contributed by atoms with Crippen LogP contribution in [0.4, 0.5) is 0 Å². The Bertz CT molecular complexity index is 3630. The van der Waals surface area contributed by atoms with Crippen molar-refractivity contribution in [3.63, 3.8) is 0 Å². The highest BCUT2D eigenvalue weighted by atomic mass is 16.3. The molecule has 8 aromatic carbocycles. The Morgan fingerprint density at radius 2 is 0.964 bits per heavy atom. The molecule has 262 valence electrons. The number of benzene rings is 8. The number of para-hydroxylation sites is 2.